The number of fused-ring (bicyclic) bond motifs is 5. The Labute approximate surface area is 293 Å². The van der Waals surface area contributed by atoms with Crippen LogP contribution in [0.4, 0.5) is 0 Å². The van der Waals surface area contributed by atoms with Gasteiger partial charge in [0, 0.05) is 22.1 Å². The molecule has 1 spiro atoms. The smallest absolute Gasteiger partial charge is 0.160 e. The topological polar surface area (TPSA) is 49.6 Å². The molecular weight excluding hydrogens is 607 g/mol. The Bertz CT molecular complexity index is 2410. The van der Waals surface area contributed by atoms with Gasteiger partial charge in [-0.3, -0.25) is 0 Å². The number of benzene rings is 6. The third-order valence-corrected chi connectivity index (χ3v) is 10.8. The van der Waals surface area contributed by atoms with Crippen LogP contribution in [0.3, 0.4) is 0 Å². The molecule has 50 heavy (non-hydrogen) atoms. The van der Waals surface area contributed by atoms with E-state index in [9.17, 15) is 5.26 Å². The lowest BCUT2D eigenvalue weighted by atomic mass is 9.67. The molecule has 0 atom stereocenters. The molecular formula is C47H35N3. The van der Waals surface area contributed by atoms with Crippen molar-refractivity contribution in [1.29, 1.82) is 5.26 Å². The lowest BCUT2D eigenvalue weighted by Gasteiger charge is -2.36. The second-order valence-electron chi connectivity index (χ2n) is 13.6. The number of hydrogen-bond acceptors (Lipinski definition) is 3. The molecule has 0 saturated heterocycles. The molecule has 0 unspecified atom stereocenters. The van der Waals surface area contributed by atoms with Gasteiger partial charge in [0.15, 0.2) is 5.82 Å². The van der Waals surface area contributed by atoms with Crippen molar-refractivity contribution < 1.29 is 0 Å². The Balaban J connectivity index is 1.22. The maximum absolute atomic E-state index is 9.80. The van der Waals surface area contributed by atoms with Crippen molar-refractivity contribution in [2.24, 2.45) is 0 Å². The lowest BCUT2D eigenvalue weighted by molar-refractivity contribution is 0.353. The molecule has 2 aliphatic rings. The standard InChI is InChI=1S/C47H35N3/c48-31-32-22-24-38-39-25-23-35(29-43(39)47(42(38)28-32)26-12-3-13-27-47)37-19-9-11-21-41(37)45-30-44(49-46(50-45)34-16-6-2-7-17-34)40-20-10-8-18-36(40)33-14-4-1-5-15-33/h1-2,4-11,14-25,28-30H,3,12-13,26-27H2. The molecule has 1 heterocycles. The lowest BCUT2D eigenvalue weighted by Crippen LogP contribution is -2.28. The minimum atomic E-state index is -0.0511. The van der Waals surface area contributed by atoms with Crippen molar-refractivity contribution in [2.45, 2.75) is 37.5 Å². The molecule has 7 aromatic rings. The summed E-state index contributed by atoms with van der Waals surface area (Å²) in [5.41, 5.74) is 15.6. The summed E-state index contributed by atoms with van der Waals surface area (Å²) in [5.74, 6) is 0.703. The minimum absolute atomic E-state index is 0.0511. The van der Waals surface area contributed by atoms with E-state index < -0.39 is 0 Å². The van der Waals surface area contributed by atoms with Crippen LogP contribution in [-0.4, -0.2) is 9.97 Å². The summed E-state index contributed by atoms with van der Waals surface area (Å²) in [6.45, 7) is 0. The van der Waals surface area contributed by atoms with Crippen molar-refractivity contribution in [1.82, 2.24) is 9.97 Å². The number of hydrogen-bond donors (Lipinski definition) is 0. The van der Waals surface area contributed by atoms with Crippen LogP contribution < -0.4 is 0 Å². The Hall–Kier alpha value is -6.11. The Morgan fingerprint density at radius 1 is 0.440 bits per heavy atom. The Morgan fingerprint density at radius 2 is 0.960 bits per heavy atom. The van der Waals surface area contributed by atoms with Crippen LogP contribution in [0.15, 0.2) is 152 Å². The van der Waals surface area contributed by atoms with Gasteiger partial charge < -0.3 is 0 Å². The summed E-state index contributed by atoms with van der Waals surface area (Å²) in [7, 11) is 0. The highest BCUT2D eigenvalue weighted by Crippen LogP contribution is 2.56. The zero-order valence-electron chi connectivity index (χ0n) is 27.8. The summed E-state index contributed by atoms with van der Waals surface area (Å²) in [5, 5.41) is 9.80. The van der Waals surface area contributed by atoms with Gasteiger partial charge in [-0.25, -0.2) is 9.97 Å². The van der Waals surface area contributed by atoms with E-state index in [-0.39, 0.29) is 5.41 Å². The third-order valence-electron chi connectivity index (χ3n) is 10.8. The molecule has 1 fully saturated rings. The minimum Gasteiger partial charge on any atom is -0.228 e. The summed E-state index contributed by atoms with van der Waals surface area (Å²) in [4.78, 5) is 10.4. The van der Waals surface area contributed by atoms with E-state index in [0.29, 0.717) is 5.82 Å². The maximum Gasteiger partial charge on any atom is 0.160 e. The average molecular weight is 642 g/mol. The van der Waals surface area contributed by atoms with E-state index >= 15 is 0 Å². The van der Waals surface area contributed by atoms with Crippen LogP contribution in [0.5, 0.6) is 0 Å². The zero-order chi connectivity index (χ0) is 33.5. The molecule has 0 aliphatic heterocycles. The fourth-order valence-electron chi connectivity index (χ4n) is 8.40. The summed E-state index contributed by atoms with van der Waals surface area (Å²) < 4.78 is 0. The van der Waals surface area contributed by atoms with Crippen molar-refractivity contribution >= 4 is 0 Å². The van der Waals surface area contributed by atoms with Crippen LogP contribution in [0, 0.1) is 11.3 Å². The number of nitriles is 1. The number of rotatable bonds is 5. The van der Waals surface area contributed by atoms with Crippen LogP contribution in [0.1, 0.15) is 48.8 Å². The Morgan fingerprint density at radius 3 is 1.58 bits per heavy atom. The van der Waals surface area contributed by atoms with E-state index in [2.05, 4.69) is 133 Å². The average Bonchev–Trinajstić information content (AvgIpc) is 3.45. The molecule has 1 saturated carbocycles. The van der Waals surface area contributed by atoms with E-state index in [1.165, 1.54) is 47.1 Å². The zero-order valence-corrected chi connectivity index (χ0v) is 27.8. The van der Waals surface area contributed by atoms with Crippen molar-refractivity contribution in [3.05, 3.63) is 168 Å². The molecule has 0 bridgehead atoms. The molecule has 1 aromatic heterocycles. The van der Waals surface area contributed by atoms with E-state index in [1.807, 2.05) is 24.3 Å². The van der Waals surface area contributed by atoms with Crippen LogP contribution in [-0.2, 0) is 5.41 Å². The molecule has 0 radical (unpaired) electrons. The maximum atomic E-state index is 9.80. The SMILES string of the molecule is N#Cc1ccc2c(c1)C1(CCCCC1)c1cc(-c3ccccc3-c3cc(-c4ccccc4-c4ccccc4)nc(-c4ccccc4)n3)ccc1-2. The first kappa shape index (κ1) is 30.0. The highest BCUT2D eigenvalue weighted by atomic mass is 14.9. The highest BCUT2D eigenvalue weighted by Gasteiger charge is 2.44. The van der Waals surface area contributed by atoms with Crippen molar-refractivity contribution in [3.63, 3.8) is 0 Å². The number of aromatic nitrogens is 2. The van der Waals surface area contributed by atoms with Gasteiger partial charge in [-0.15, -0.1) is 0 Å². The predicted octanol–water partition coefficient (Wildman–Crippen LogP) is 11.9. The van der Waals surface area contributed by atoms with E-state index in [1.54, 1.807) is 0 Å². The van der Waals surface area contributed by atoms with Gasteiger partial charge in [-0.05, 0) is 81.6 Å². The molecule has 6 aromatic carbocycles. The molecule has 3 heteroatoms. The summed E-state index contributed by atoms with van der Waals surface area (Å²) in [6.07, 6.45) is 5.90. The van der Waals surface area contributed by atoms with Crippen LogP contribution in [0.25, 0.3) is 67.3 Å². The molecule has 2 aliphatic carbocycles. The fourth-order valence-corrected chi connectivity index (χ4v) is 8.40. The second kappa shape index (κ2) is 12.4. The molecule has 0 amide bonds. The van der Waals surface area contributed by atoms with Gasteiger partial charge in [-0.1, -0.05) is 147 Å². The van der Waals surface area contributed by atoms with Gasteiger partial charge in [0.05, 0.1) is 23.0 Å². The van der Waals surface area contributed by atoms with Crippen LogP contribution in [0.2, 0.25) is 0 Å². The van der Waals surface area contributed by atoms with Crippen LogP contribution >= 0.6 is 0 Å². The second-order valence-corrected chi connectivity index (χ2v) is 13.6. The first-order chi connectivity index (χ1) is 24.7. The quantitative estimate of drug-likeness (QED) is 0.188. The Kier molecular flexibility index (Phi) is 7.44. The van der Waals surface area contributed by atoms with Crippen molar-refractivity contribution in [3.8, 4) is 73.4 Å². The van der Waals surface area contributed by atoms with Gasteiger partial charge >= 0.3 is 0 Å². The monoisotopic (exact) mass is 641 g/mol. The fraction of sp³-hybridized carbons (Fsp3) is 0.128. The van der Waals surface area contributed by atoms with Gasteiger partial charge in [0.25, 0.3) is 0 Å². The first-order valence-corrected chi connectivity index (χ1v) is 17.6. The summed E-state index contributed by atoms with van der Waals surface area (Å²) >= 11 is 0. The molecule has 0 N–H and O–H groups in total. The van der Waals surface area contributed by atoms with Gasteiger partial charge in [0.1, 0.15) is 0 Å². The van der Waals surface area contributed by atoms with Gasteiger partial charge in [0.2, 0.25) is 0 Å². The largest absolute Gasteiger partial charge is 0.228 e. The summed E-state index contributed by atoms with van der Waals surface area (Å²) in [6, 6.07) is 55.8. The normalized spacial score (nSPS) is 14.1. The predicted molar refractivity (Wildman–Crippen MR) is 203 cm³/mol. The van der Waals surface area contributed by atoms with E-state index in [0.717, 1.165) is 63.2 Å². The molecule has 238 valence electrons. The third kappa shape index (κ3) is 5.04. The molecule has 3 nitrogen and oxygen atoms in total. The highest BCUT2D eigenvalue weighted by molar-refractivity contribution is 5.90. The van der Waals surface area contributed by atoms with E-state index in [4.69, 9.17) is 9.97 Å². The van der Waals surface area contributed by atoms with Gasteiger partial charge in [-0.2, -0.15) is 5.26 Å². The first-order valence-electron chi connectivity index (χ1n) is 17.6. The van der Waals surface area contributed by atoms with Crippen molar-refractivity contribution in [2.75, 3.05) is 0 Å². The molecule has 9 rings (SSSR count). The number of nitrogens with zero attached hydrogens (tertiary/aromatic N) is 3.